The van der Waals surface area contributed by atoms with Gasteiger partial charge in [-0.1, -0.05) is 0 Å². The zero-order valence-corrected chi connectivity index (χ0v) is 14.7. The van der Waals surface area contributed by atoms with Crippen molar-refractivity contribution >= 4 is 45.2 Å². The molecule has 118 valence electrons. The lowest BCUT2D eigenvalue weighted by molar-refractivity contribution is -0.129. The minimum Gasteiger partial charge on any atom is -0.497 e. The fourth-order valence-corrected chi connectivity index (χ4v) is 3.37. The quantitative estimate of drug-likeness (QED) is 0.584. The summed E-state index contributed by atoms with van der Waals surface area (Å²) in [7, 11) is 3.11. The molecule has 0 fully saturated rings. The van der Waals surface area contributed by atoms with Crippen LogP contribution in [0.4, 0.5) is 0 Å². The van der Waals surface area contributed by atoms with Crippen LogP contribution in [0.2, 0.25) is 0 Å². The molecule has 0 N–H and O–H groups in total. The van der Waals surface area contributed by atoms with Gasteiger partial charge in [-0.25, -0.2) is 9.79 Å². The van der Waals surface area contributed by atoms with Crippen LogP contribution >= 0.6 is 27.3 Å². The van der Waals surface area contributed by atoms with Crippen molar-refractivity contribution in [2.75, 3.05) is 14.2 Å². The molecule has 0 bridgehead atoms. The van der Waals surface area contributed by atoms with E-state index in [0.717, 1.165) is 9.35 Å². The Labute approximate surface area is 145 Å². The summed E-state index contributed by atoms with van der Waals surface area (Å²) >= 11 is 4.89. The first kappa shape index (κ1) is 15.8. The number of esters is 1. The van der Waals surface area contributed by atoms with E-state index < -0.39 is 5.97 Å². The molecule has 1 aromatic heterocycles. The van der Waals surface area contributed by atoms with Gasteiger partial charge in [0, 0.05) is 26.4 Å². The van der Waals surface area contributed by atoms with Crippen molar-refractivity contribution < 1.29 is 19.0 Å². The highest BCUT2D eigenvalue weighted by atomic mass is 79.9. The Hall–Kier alpha value is -2.12. The van der Waals surface area contributed by atoms with Gasteiger partial charge in [-0.15, -0.1) is 11.3 Å². The maximum atomic E-state index is 12.0. The third-order valence-corrected chi connectivity index (χ3v) is 4.73. The number of hydrogen-bond donors (Lipinski definition) is 0. The molecule has 0 amide bonds. The number of cyclic esters (lactones) is 1. The van der Waals surface area contributed by atoms with E-state index in [2.05, 4.69) is 20.9 Å². The molecule has 0 spiro atoms. The number of rotatable bonds is 4. The molecule has 0 radical (unpaired) electrons. The molecule has 0 atom stereocenters. The van der Waals surface area contributed by atoms with Crippen molar-refractivity contribution in [3.8, 4) is 11.5 Å². The van der Waals surface area contributed by atoms with Crippen molar-refractivity contribution in [3.05, 3.63) is 50.3 Å². The molecule has 0 unspecified atom stereocenters. The Morgan fingerprint density at radius 3 is 2.43 bits per heavy atom. The second-order valence-corrected chi connectivity index (χ2v) is 6.46. The Bertz CT molecular complexity index is 803. The van der Waals surface area contributed by atoms with Crippen LogP contribution in [0.3, 0.4) is 0 Å². The summed E-state index contributed by atoms with van der Waals surface area (Å²) in [4.78, 5) is 17.2. The number of aliphatic imine (C=N–C) groups is 1. The molecule has 3 rings (SSSR count). The van der Waals surface area contributed by atoms with E-state index in [1.807, 2.05) is 11.4 Å². The van der Waals surface area contributed by atoms with Crippen molar-refractivity contribution in [2.45, 2.75) is 0 Å². The molecule has 7 heteroatoms. The maximum Gasteiger partial charge on any atom is 0.363 e. The number of nitrogens with zero attached hydrogens (tertiary/aromatic N) is 1. The van der Waals surface area contributed by atoms with E-state index in [0.29, 0.717) is 17.1 Å². The molecule has 1 aliphatic rings. The standard InChI is InChI=1S/C16H12BrNO4S/c1-20-11-3-9(4-12(6-11)21-2)15-18-14(16(19)22-15)7-13-5-10(17)8-23-13/h3-8H,1-2H3/b14-7-. The third kappa shape index (κ3) is 3.46. The van der Waals surface area contributed by atoms with Crippen LogP contribution in [-0.4, -0.2) is 26.1 Å². The van der Waals surface area contributed by atoms with Gasteiger partial charge in [0.2, 0.25) is 5.90 Å². The van der Waals surface area contributed by atoms with Gasteiger partial charge in [0.05, 0.1) is 14.2 Å². The molecule has 1 aromatic carbocycles. The highest BCUT2D eigenvalue weighted by Crippen LogP contribution is 2.28. The number of hydrogen-bond acceptors (Lipinski definition) is 6. The summed E-state index contributed by atoms with van der Waals surface area (Å²) in [5, 5.41) is 1.93. The van der Waals surface area contributed by atoms with E-state index in [-0.39, 0.29) is 11.6 Å². The number of halogens is 1. The predicted octanol–water partition coefficient (Wildman–Crippen LogP) is 3.87. The normalized spacial score (nSPS) is 15.5. The summed E-state index contributed by atoms with van der Waals surface area (Å²) in [6.07, 6.45) is 1.70. The van der Waals surface area contributed by atoms with Gasteiger partial charge in [0.25, 0.3) is 0 Å². The number of thiophene rings is 1. The topological polar surface area (TPSA) is 57.1 Å². The minimum atomic E-state index is -0.480. The molecule has 0 aliphatic carbocycles. The fraction of sp³-hybridized carbons (Fsp3) is 0.125. The van der Waals surface area contributed by atoms with Crippen LogP contribution < -0.4 is 9.47 Å². The van der Waals surface area contributed by atoms with Gasteiger partial charge in [-0.2, -0.15) is 0 Å². The number of carbonyl (C=O) groups is 1. The van der Waals surface area contributed by atoms with Crippen LogP contribution in [0.5, 0.6) is 11.5 Å². The first-order chi connectivity index (χ1) is 11.1. The van der Waals surface area contributed by atoms with Crippen LogP contribution in [0, 0.1) is 0 Å². The van der Waals surface area contributed by atoms with Gasteiger partial charge in [-0.05, 0) is 40.2 Å². The molecule has 23 heavy (non-hydrogen) atoms. The number of carbonyl (C=O) groups excluding carboxylic acids is 1. The fourth-order valence-electron chi connectivity index (χ4n) is 2.00. The van der Waals surface area contributed by atoms with E-state index in [1.54, 1.807) is 38.5 Å². The summed E-state index contributed by atoms with van der Waals surface area (Å²) in [5.41, 5.74) is 0.876. The smallest absolute Gasteiger partial charge is 0.363 e. The van der Waals surface area contributed by atoms with Crippen LogP contribution in [0.1, 0.15) is 10.4 Å². The lowest BCUT2D eigenvalue weighted by Crippen LogP contribution is -2.06. The third-order valence-electron chi connectivity index (χ3n) is 3.09. The Morgan fingerprint density at radius 1 is 1.17 bits per heavy atom. The first-order valence-corrected chi connectivity index (χ1v) is 8.26. The predicted molar refractivity (Wildman–Crippen MR) is 92.2 cm³/mol. The summed E-state index contributed by atoms with van der Waals surface area (Å²) < 4.78 is 16.7. The largest absolute Gasteiger partial charge is 0.497 e. The van der Waals surface area contributed by atoms with Crippen LogP contribution in [0.25, 0.3) is 6.08 Å². The van der Waals surface area contributed by atoms with Crippen molar-refractivity contribution in [2.24, 2.45) is 4.99 Å². The van der Waals surface area contributed by atoms with E-state index in [4.69, 9.17) is 14.2 Å². The van der Waals surface area contributed by atoms with E-state index in [1.165, 1.54) is 11.3 Å². The Kier molecular flexibility index (Phi) is 4.49. The van der Waals surface area contributed by atoms with Crippen molar-refractivity contribution in [1.82, 2.24) is 0 Å². The SMILES string of the molecule is COc1cc(OC)cc(C2=N/C(=C\c3cc(Br)cs3)C(=O)O2)c1. The molecule has 1 aliphatic heterocycles. The second-order valence-electron chi connectivity index (χ2n) is 4.60. The second kappa shape index (κ2) is 6.55. The lowest BCUT2D eigenvalue weighted by Gasteiger charge is -2.07. The molecule has 0 saturated carbocycles. The highest BCUT2D eigenvalue weighted by Gasteiger charge is 2.25. The molecule has 2 aromatic rings. The Morgan fingerprint density at radius 2 is 1.87 bits per heavy atom. The zero-order chi connectivity index (χ0) is 16.4. The van der Waals surface area contributed by atoms with Crippen molar-refractivity contribution in [1.29, 1.82) is 0 Å². The molecule has 2 heterocycles. The molecular weight excluding hydrogens is 382 g/mol. The van der Waals surface area contributed by atoms with Gasteiger partial charge >= 0.3 is 5.97 Å². The average molecular weight is 394 g/mol. The molecular formula is C16H12BrNO4S. The van der Waals surface area contributed by atoms with Gasteiger partial charge < -0.3 is 14.2 Å². The first-order valence-electron chi connectivity index (χ1n) is 6.59. The summed E-state index contributed by atoms with van der Waals surface area (Å²) in [5.74, 6) is 0.941. The van der Waals surface area contributed by atoms with E-state index in [9.17, 15) is 4.79 Å². The molecule has 0 saturated heterocycles. The maximum absolute atomic E-state index is 12.0. The van der Waals surface area contributed by atoms with E-state index >= 15 is 0 Å². The number of methoxy groups -OCH3 is 2. The zero-order valence-electron chi connectivity index (χ0n) is 12.3. The van der Waals surface area contributed by atoms with Gasteiger partial charge in [-0.3, -0.25) is 0 Å². The summed E-state index contributed by atoms with van der Waals surface area (Å²) in [6, 6.07) is 7.12. The van der Waals surface area contributed by atoms with Gasteiger partial charge in [0.15, 0.2) is 5.70 Å². The van der Waals surface area contributed by atoms with Crippen LogP contribution in [-0.2, 0) is 9.53 Å². The summed E-state index contributed by atoms with van der Waals surface area (Å²) in [6.45, 7) is 0. The van der Waals surface area contributed by atoms with Gasteiger partial charge in [0.1, 0.15) is 11.5 Å². The highest BCUT2D eigenvalue weighted by molar-refractivity contribution is 9.10. The average Bonchev–Trinajstić information content (AvgIpc) is 3.13. The van der Waals surface area contributed by atoms with Crippen LogP contribution in [0.15, 0.2) is 44.8 Å². The molecule has 5 nitrogen and oxygen atoms in total. The monoisotopic (exact) mass is 393 g/mol. The number of ether oxygens (including phenoxy) is 3. The number of benzene rings is 1. The van der Waals surface area contributed by atoms with Crippen molar-refractivity contribution in [3.63, 3.8) is 0 Å². The lowest BCUT2D eigenvalue weighted by atomic mass is 10.2. The Balaban J connectivity index is 1.96. The minimum absolute atomic E-state index is 0.231.